The Bertz CT molecular complexity index is 928. The molecule has 3 aromatic rings. The summed E-state index contributed by atoms with van der Waals surface area (Å²) in [5.41, 5.74) is 1.23. The van der Waals surface area contributed by atoms with Crippen molar-refractivity contribution < 1.29 is 4.39 Å². The van der Waals surface area contributed by atoms with Crippen molar-refractivity contribution in [2.75, 3.05) is 14.1 Å². The molecule has 0 bridgehead atoms. The lowest BCUT2D eigenvalue weighted by atomic mass is 10.2. The molecule has 1 atom stereocenters. The maximum atomic E-state index is 14.6. The van der Waals surface area contributed by atoms with Gasteiger partial charge in [0.25, 0.3) is 0 Å². The fourth-order valence-corrected chi connectivity index (χ4v) is 3.45. The van der Waals surface area contributed by atoms with Gasteiger partial charge in [0, 0.05) is 10.7 Å². The molecule has 0 saturated carbocycles. The third kappa shape index (κ3) is 4.12. The van der Waals surface area contributed by atoms with Gasteiger partial charge in [-0.05, 0) is 63.5 Å². The summed E-state index contributed by atoms with van der Waals surface area (Å²) < 4.78 is 16.5. The minimum absolute atomic E-state index is 0.00368. The molecule has 0 aliphatic rings. The van der Waals surface area contributed by atoms with Crippen molar-refractivity contribution in [1.82, 2.24) is 29.6 Å². The number of halogens is 2. The molecule has 0 amide bonds. The lowest BCUT2D eigenvalue weighted by molar-refractivity contribution is 0.305. The van der Waals surface area contributed by atoms with E-state index >= 15 is 0 Å². The summed E-state index contributed by atoms with van der Waals surface area (Å²) in [6.07, 6.45) is 1.87. The SMILES string of the molecule is CCc1ncnc(Sc2nnc(C(C)N(C)C)n2-c2ccc(Cl)cc2)c1F. The predicted molar refractivity (Wildman–Crippen MR) is 104 cm³/mol. The van der Waals surface area contributed by atoms with Crippen LogP contribution < -0.4 is 0 Å². The van der Waals surface area contributed by atoms with Crippen LogP contribution in [0, 0.1) is 5.82 Å². The van der Waals surface area contributed by atoms with Crippen LogP contribution in [0.25, 0.3) is 5.69 Å². The summed E-state index contributed by atoms with van der Waals surface area (Å²) in [6, 6.07) is 7.38. The van der Waals surface area contributed by atoms with Gasteiger partial charge in [-0.1, -0.05) is 18.5 Å². The molecule has 1 aromatic carbocycles. The van der Waals surface area contributed by atoms with Crippen molar-refractivity contribution in [3.05, 3.63) is 53.0 Å². The molecular weight excluding hydrogens is 387 g/mol. The fourth-order valence-electron chi connectivity index (χ4n) is 2.47. The van der Waals surface area contributed by atoms with E-state index in [4.69, 9.17) is 11.6 Å². The molecule has 0 saturated heterocycles. The van der Waals surface area contributed by atoms with E-state index in [1.807, 2.05) is 49.5 Å². The predicted octanol–water partition coefficient (Wildman–Crippen LogP) is 4.19. The summed E-state index contributed by atoms with van der Waals surface area (Å²) in [4.78, 5) is 10.1. The van der Waals surface area contributed by atoms with Crippen LogP contribution in [0.1, 0.15) is 31.4 Å². The molecule has 0 aliphatic carbocycles. The number of hydrogen-bond donors (Lipinski definition) is 0. The number of rotatable bonds is 6. The number of aromatic nitrogens is 5. The highest BCUT2D eigenvalue weighted by molar-refractivity contribution is 7.99. The van der Waals surface area contributed by atoms with Crippen LogP contribution in [-0.2, 0) is 6.42 Å². The molecule has 3 rings (SSSR count). The molecule has 1 unspecified atom stereocenters. The first-order chi connectivity index (χ1) is 12.9. The minimum atomic E-state index is -0.419. The van der Waals surface area contributed by atoms with Crippen molar-refractivity contribution in [2.45, 2.75) is 36.5 Å². The minimum Gasteiger partial charge on any atom is -0.300 e. The number of nitrogens with zero attached hydrogens (tertiary/aromatic N) is 6. The quantitative estimate of drug-likeness (QED) is 0.572. The molecule has 27 heavy (non-hydrogen) atoms. The molecule has 2 heterocycles. The normalized spacial score (nSPS) is 12.6. The highest BCUT2D eigenvalue weighted by atomic mass is 35.5. The third-order valence-corrected chi connectivity index (χ3v) is 5.42. The zero-order chi connectivity index (χ0) is 19.6. The highest BCUT2D eigenvalue weighted by Gasteiger charge is 2.23. The molecule has 6 nitrogen and oxygen atoms in total. The average Bonchev–Trinajstić information content (AvgIpc) is 3.06. The van der Waals surface area contributed by atoms with Gasteiger partial charge in [-0.2, -0.15) is 0 Å². The Morgan fingerprint density at radius 2 is 1.89 bits per heavy atom. The number of benzene rings is 1. The Morgan fingerprint density at radius 3 is 2.52 bits per heavy atom. The Balaban J connectivity index is 2.09. The van der Waals surface area contributed by atoms with E-state index in [9.17, 15) is 4.39 Å². The van der Waals surface area contributed by atoms with E-state index in [1.165, 1.54) is 6.33 Å². The molecular formula is C18H20ClFN6S. The maximum absolute atomic E-state index is 14.6. The van der Waals surface area contributed by atoms with Gasteiger partial charge >= 0.3 is 0 Å². The van der Waals surface area contributed by atoms with Gasteiger partial charge in [0.05, 0.1) is 11.7 Å². The van der Waals surface area contributed by atoms with E-state index in [2.05, 4.69) is 20.2 Å². The topological polar surface area (TPSA) is 59.7 Å². The summed E-state index contributed by atoms with van der Waals surface area (Å²) in [7, 11) is 3.94. The molecule has 0 N–H and O–H groups in total. The van der Waals surface area contributed by atoms with Crippen LogP contribution in [0.4, 0.5) is 4.39 Å². The van der Waals surface area contributed by atoms with Crippen LogP contribution in [0.5, 0.6) is 0 Å². The third-order valence-electron chi connectivity index (χ3n) is 4.24. The maximum Gasteiger partial charge on any atom is 0.202 e. The zero-order valence-electron chi connectivity index (χ0n) is 15.5. The van der Waals surface area contributed by atoms with Gasteiger partial charge in [-0.15, -0.1) is 10.2 Å². The van der Waals surface area contributed by atoms with Crippen molar-refractivity contribution >= 4 is 23.4 Å². The monoisotopic (exact) mass is 406 g/mol. The Hall–Kier alpha value is -2.03. The average molecular weight is 407 g/mol. The second-order valence-electron chi connectivity index (χ2n) is 6.19. The van der Waals surface area contributed by atoms with Gasteiger partial charge < -0.3 is 0 Å². The van der Waals surface area contributed by atoms with Gasteiger partial charge in [0.1, 0.15) is 11.4 Å². The molecule has 0 spiro atoms. The Morgan fingerprint density at radius 1 is 1.19 bits per heavy atom. The van der Waals surface area contributed by atoms with E-state index in [0.29, 0.717) is 22.3 Å². The van der Waals surface area contributed by atoms with E-state index in [0.717, 1.165) is 23.3 Å². The van der Waals surface area contributed by atoms with Crippen molar-refractivity contribution in [3.8, 4) is 5.69 Å². The van der Waals surface area contributed by atoms with Crippen LogP contribution in [0.2, 0.25) is 5.02 Å². The highest BCUT2D eigenvalue weighted by Crippen LogP contribution is 2.32. The van der Waals surface area contributed by atoms with Crippen LogP contribution in [0.15, 0.2) is 40.8 Å². The van der Waals surface area contributed by atoms with Gasteiger partial charge in [0.2, 0.25) is 5.16 Å². The fraction of sp³-hybridized carbons (Fsp3) is 0.333. The molecule has 0 radical (unpaired) electrons. The van der Waals surface area contributed by atoms with Gasteiger partial charge in [-0.25, -0.2) is 14.4 Å². The molecule has 2 aromatic heterocycles. The second kappa shape index (κ2) is 8.33. The van der Waals surface area contributed by atoms with Crippen LogP contribution in [0.3, 0.4) is 0 Å². The molecule has 0 fully saturated rings. The lowest BCUT2D eigenvalue weighted by Crippen LogP contribution is -2.20. The van der Waals surface area contributed by atoms with Gasteiger partial charge in [0.15, 0.2) is 11.6 Å². The smallest absolute Gasteiger partial charge is 0.202 e. The zero-order valence-corrected chi connectivity index (χ0v) is 17.1. The largest absolute Gasteiger partial charge is 0.300 e. The first-order valence-corrected chi connectivity index (χ1v) is 9.66. The van der Waals surface area contributed by atoms with Crippen molar-refractivity contribution in [2.24, 2.45) is 0 Å². The van der Waals surface area contributed by atoms with E-state index in [-0.39, 0.29) is 11.1 Å². The Labute approximate surface area is 166 Å². The first-order valence-electron chi connectivity index (χ1n) is 8.47. The first kappa shape index (κ1) is 19.7. The molecule has 0 aliphatic heterocycles. The second-order valence-corrected chi connectivity index (χ2v) is 7.58. The summed E-state index contributed by atoms with van der Waals surface area (Å²) in [5.74, 6) is 0.327. The molecule has 9 heteroatoms. The Kier molecular flexibility index (Phi) is 6.08. The van der Waals surface area contributed by atoms with Crippen molar-refractivity contribution in [1.29, 1.82) is 0 Å². The van der Waals surface area contributed by atoms with Crippen LogP contribution >= 0.6 is 23.4 Å². The van der Waals surface area contributed by atoms with E-state index < -0.39 is 5.82 Å². The lowest BCUT2D eigenvalue weighted by Gasteiger charge is -2.20. The number of hydrogen-bond acceptors (Lipinski definition) is 6. The van der Waals surface area contributed by atoms with Crippen LogP contribution in [-0.4, -0.2) is 43.7 Å². The summed E-state index contributed by atoms with van der Waals surface area (Å²) in [6.45, 7) is 3.89. The van der Waals surface area contributed by atoms with E-state index in [1.54, 1.807) is 12.1 Å². The summed E-state index contributed by atoms with van der Waals surface area (Å²) in [5, 5.41) is 10.1. The molecule has 142 valence electrons. The summed E-state index contributed by atoms with van der Waals surface area (Å²) >= 11 is 7.16. The standard InChI is InChI=1S/C18H20ClFN6S/c1-5-14-15(20)17(22-10-21-14)27-18-24-23-16(11(2)25(3)4)26(18)13-8-6-12(19)7-9-13/h6-11H,5H2,1-4H3. The number of aryl methyl sites for hydroxylation is 1. The van der Waals surface area contributed by atoms with Gasteiger partial charge in [-0.3, -0.25) is 9.47 Å². The van der Waals surface area contributed by atoms with Crippen molar-refractivity contribution in [3.63, 3.8) is 0 Å².